The number of rotatable bonds is 1. The van der Waals surface area contributed by atoms with E-state index in [0.29, 0.717) is 4.51 Å². The van der Waals surface area contributed by atoms with Gasteiger partial charge in [-0.25, -0.2) is 4.79 Å². The molecule has 0 fully saturated rings. The molecule has 0 aliphatic rings. The minimum Gasteiger partial charge on any atom is -0.507 e. The fourth-order valence-corrected chi connectivity index (χ4v) is 1.31. The minimum absolute atomic E-state index is 0.102. The first-order valence-electron chi connectivity index (χ1n) is 3.32. The number of thiol groups is 1. The molecule has 1 rings (SSSR count). The van der Waals surface area contributed by atoms with Crippen LogP contribution in [0, 0.1) is 4.51 Å². The van der Waals surface area contributed by atoms with Crippen molar-refractivity contribution < 1.29 is 15.0 Å². The maximum Gasteiger partial charge on any atom is 0.340 e. The molecule has 0 atom stereocenters. The fourth-order valence-electron chi connectivity index (χ4n) is 0.844. The first-order valence-corrected chi connectivity index (χ1v) is 4.18. The summed E-state index contributed by atoms with van der Waals surface area (Å²) in [7, 11) is 0. The third kappa shape index (κ3) is 1.99. The van der Waals surface area contributed by atoms with Crippen molar-refractivity contribution in [2.75, 3.05) is 0 Å². The first kappa shape index (κ1) is 10.0. The molecule has 0 saturated carbocycles. The SMILES string of the molecule is O=C(O)c1c(O)cccc(=S)c1S. The molecular weight excluding hydrogens is 208 g/mol. The molecule has 68 valence electrons. The second kappa shape index (κ2) is 3.76. The van der Waals surface area contributed by atoms with Gasteiger partial charge in [-0.3, -0.25) is 0 Å². The van der Waals surface area contributed by atoms with Gasteiger partial charge in [-0.05, 0) is 12.1 Å². The first-order chi connectivity index (χ1) is 6.04. The van der Waals surface area contributed by atoms with E-state index in [0.717, 1.165) is 0 Å². The monoisotopic (exact) mass is 214 g/mol. The van der Waals surface area contributed by atoms with Gasteiger partial charge in [0.2, 0.25) is 0 Å². The van der Waals surface area contributed by atoms with Crippen molar-refractivity contribution in [1.29, 1.82) is 0 Å². The minimum atomic E-state index is -1.25. The summed E-state index contributed by atoms with van der Waals surface area (Å²) in [6.07, 6.45) is 0. The molecule has 0 radical (unpaired) electrons. The maximum absolute atomic E-state index is 10.7. The Kier molecular flexibility index (Phi) is 2.90. The Hall–Kier alpha value is -1.07. The Balaban J connectivity index is 3.68. The second-order valence-electron chi connectivity index (χ2n) is 2.30. The number of carboxylic acid groups (broad SMARTS) is 1. The molecule has 0 amide bonds. The normalized spacial score (nSPS) is 9.62. The summed E-state index contributed by atoms with van der Waals surface area (Å²) in [6, 6.07) is 4.24. The van der Waals surface area contributed by atoms with Gasteiger partial charge in [0.15, 0.2) is 0 Å². The van der Waals surface area contributed by atoms with Gasteiger partial charge in [0.05, 0.1) is 4.51 Å². The van der Waals surface area contributed by atoms with Crippen molar-refractivity contribution in [2.45, 2.75) is 4.90 Å². The van der Waals surface area contributed by atoms with Crippen molar-refractivity contribution in [3.05, 3.63) is 28.3 Å². The van der Waals surface area contributed by atoms with E-state index in [-0.39, 0.29) is 16.2 Å². The lowest BCUT2D eigenvalue weighted by molar-refractivity contribution is 0.0690. The van der Waals surface area contributed by atoms with Crippen LogP contribution in [0.5, 0.6) is 5.75 Å². The van der Waals surface area contributed by atoms with E-state index in [2.05, 4.69) is 12.6 Å². The molecule has 0 aliphatic heterocycles. The van der Waals surface area contributed by atoms with Gasteiger partial charge in [0, 0.05) is 4.90 Å². The zero-order valence-electron chi connectivity index (χ0n) is 6.39. The van der Waals surface area contributed by atoms with Crippen molar-refractivity contribution in [3.63, 3.8) is 0 Å². The van der Waals surface area contributed by atoms with Gasteiger partial charge in [-0.15, -0.1) is 12.6 Å². The standard InChI is InChI=1S/C8H6O3S2/c9-4-2-1-3-5(12)7(13)6(4)8(10)11/h1-3,9H,(H,10,11)(H,12,13). The van der Waals surface area contributed by atoms with Crippen LogP contribution in [0.4, 0.5) is 0 Å². The lowest BCUT2D eigenvalue weighted by Crippen LogP contribution is -1.96. The number of aromatic carboxylic acids is 1. The summed E-state index contributed by atoms with van der Waals surface area (Å²) in [5.41, 5.74) is -0.265. The molecule has 0 aromatic heterocycles. The van der Waals surface area contributed by atoms with Gasteiger partial charge in [-0.1, -0.05) is 18.3 Å². The summed E-state index contributed by atoms with van der Waals surface area (Å²) in [5, 5.41) is 18.0. The van der Waals surface area contributed by atoms with Gasteiger partial charge >= 0.3 is 5.97 Å². The highest BCUT2D eigenvalue weighted by molar-refractivity contribution is 7.81. The van der Waals surface area contributed by atoms with E-state index in [1.807, 2.05) is 0 Å². The largest absolute Gasteiger partial charge is 0.507 e. The Morgan fingerprint density at radius 2 is 2.08 bits per heavy atom. The molecule has 0 heterocycles. The lowest BCUT2D eigenvalue weighted by atomic mass is 10.2. The van der Waals surface area contributed by atoms with E-state index in [1.165, 1.54) is 18.2 Å². The zero-order valence-corrected chi connectivity index (χ0v) is 8.10. The van der Waals surface area contributed by atoms with Gasteiger partial charge in [-0.2, -0.15) is 0 Å². The second-order valence-corrected chi connectivity index (χ2v) is 3.19. The van der Waals surface area contributed by atoms with Crippen LogP contribution in [0.3, 0.4) is 0 Å². The molecule has 2 N–H and O–H groups in total. The van der Waals surface area contributed by atoms with E-state index in [4.69, 9.17) is 17.3 Å². The van der Waals surface area contributed by atoms with Crippen LogP contribution >= 0.6 is 24.8 Å². The zero-order chi connectivity index (χ0) is 10.0. The molecule has 1 aromatic rings. The Bertz CT molecular complexity index is 415. The smallest absolute Gasteiger partial charge is 0.340 e. The number of carboxylic acids is 1. The average Bonchev–Trinajstić information content (AvgIpc) is 2.13. The molecular formula is C8H6O3S2. The highest BCUT2D eigenvalue weighted by Crippen LogP contribution is 2.23. The van der Waals surface area contributed by atoms with Crippen LogP contribution in [-0.4, -0.2) is 16.2 Å². The predicted molar refractivity (Wildman–Crippen MR) is 53.2 cm³/mol. The maximum atomic E-state index is 10.7. The van der Waals surface area contributed by atoms with E-state index < -0.39 is 5.97 Å². The summed E-state index contributed by atoms with van der Waals surface area (Å²) in [4.78, 5) is 10.8. The number of hydrogen-bond donors (Lipinski definition) is 3. The summed E-state index contributed by atoms with van der Waals surface area (Å²) in [5.74, 6) is -1.58. The molecule has 3 nitrogen and oxygen atoms in total. The van der Waals surface area contributed by atoms with Crippen LogP contribution in [0.15, 0.2) is 23.1 Å². The molecule has 5 heteroatoms. The lowest BCUT2D eigenvalue weighted by Gasteiger charge is -1.96. The molecule has 0 bridgehead atoms. The predicted octanol–water partition coefficient (Wildman–Crippen LogP) is 2.11. The average molecular weight is 214 g/mol. The Morgan fingerprint density at radius 1 is 1.46 bits per heavy atom. The topological polar surface area (TPSA) is 57.5 Å². The Morgan fingerprint density at radius 3 is 2.62 bits per heavy atom. The number of aromatic hydroxyl groups is 1. The third-order valence-electron chi connectivity index (χ3n) is 1.44. The van der Waals surface area contributed by atoms with Crippen molar-refractivity contribution >= 4 is 30.8 Å². The summed E-state index contributed by atoms with van der Waals surface area (Å²) in [6.45, 7) is 0. The van der Waals surface area contributed by atoms with E-state index in [1.54, 1.807) is 0 Å². The van der Waals surface area contributed by atoms with Crippen LogP contribution in [-0.2, 0) is 0 Å². The van der Waals surface area contributed by atoms with Gasteiger partial charge in [0.1, 0.15) is 11.3 Å². The van der Waals surface area contributed by atoms with E-state index >= 15 is 0 Å². The highest BCUT2D eigenvalue weighted by atomic mass is 32.1. The van der Waals surface area contributed by atoms with Gasteiger partial charge < -0.3 is 10.2 Å². The number of carbonyl (C=O) groups is 1. The van der Waals surface area contributed by atoms with Crippen molar-refractivity contribution in [1.82, 2.24) is 0 Å². The fraction of sp³-hybridized carbons (Fsp3) is 0. The summed E-state index contributed by atoms with van der Waals surface area (Å²) >= 11 is 8.76. The Labute approximate surface area is 85.1 Å². The van der Waals surface area contributed by atoms with Crippen molar-refractivity contribution in [2.24, 2.45) is 0 Å². The van der Waals surface area contributed by atoms with Crippen LogP contribution in [0.25, 0.3) is 0 Å². The molecule has 0 unspecified atom stereocenters. The molecule has 13 heavy (non-hydrogen) atoms. The van der Waals surface area contributed by atoms with Crippen LogP contribution in [0.2, 0.25) is 0 Å². The molecule has 0 saturated heterocycles. The van der Waals surface area contributed by atoms with Crippen LogP contribution < -0.4 is 0 Å². The third-order valence-corrected chi connectivity index (χ3v) is 2.40. The molecule has 0 aliphatic carbocycles. The highest BCUT2D eigenvalue weighted by Gasteiger charge is 2.12. The van der Waals surface area contributed by atoms with Crippen molar-refractivity contribution in [3.8, 4) is 5.75 Å². The van der Waals surface area contributed by atoms with Gasteiger partial charge in [0.25, 0.3) is 0 Å². The number of hydrogen-bond acceptors (Lipinski definition) is 4. The molecule has 0 spiro atoms. The van der Waals surface area contributed by atoms with E-state index in [9.17, 15) is 9.90 Å². The quantitative estimate of drug-likeness (QED) is 0.495. The van der Waals surface area contributed by atoms with Crippen LogP contribution in [0.1, 0.15) is 10.4 Å². The molecule has 1 aromatic carbocycles. The summed E-state index contributed by atoms with van der Waals surface area (Å²) < 4.78 is 0.293.